The Balaban J connectivity index is 2.10. The molecule has 0 bridgehead atoms. The Kier molecular flexibility index (Phi) is 4.77. The molecule has 1 unspecified atom stereocenters. The van der Waals surface area contributed by atoms with Crippen molar-refractivity contribution in [2.24, 2.45) is 0 Å². The molecular formula is C17H19NO2. The van der Waals surface area contributed by atoms with Crippen molar-refractivity contribution >= 4 is 11.7 Å². The van der Waals surface area contributed by atoms with Gasteiger partial charge in [-0.15, -0.1) is 0 Å². The first-order valence-corrected chi connectivity index (χ1v) is 6.74. The first kappa shape index (κ1) is 14.1. The summed E-state index contributed by atoms with van der Waals surface area (Å²) >= 11 is 0. The molecule has 0 radical (unpaired) electrons. The van der Waals surface area contributed by atoms with E-state index in [0.717, 1.165) is 11.3 Å². The van der Waals surface area contributed by atoms with Gasteiger partial charge in [-0.05, 0) is 29.7 Å². The molecule has 3 heteroatoms. The van der Waals surface area contributed by atoms with Crippen molar-refractivity contribution < 1.29 is 9.53 Å². The molecule has 1 atom stereocenters. The summed E-state index contributed by atoms with van der Waals surface area (Å²) in [5, 5.41) is 3.18. The number of ether oxygens (including phenoxy) is 1. The molecule has 0 aliphatic rings. The van der Waals surface area contributed by atoms with Crippen molar-refractivity contribution in [3.63, 3.8) is 0 Å². The summed E-state index contributed by atoms with van der Waals surface area (Å²) in [4.78, 5) is 11.6. The van der Waals surface area contributed by atoms with Crippen LogP contribution in [0.15, 0.2) is 54.6 Å². The van der Waals surface area contributed by atoms with Gasteiger partial charge in [-0.2, -0.15) is 0 Å². The van der Waals surface area contributed by atoms with Gasteiger partial charge >= 0.3 is 5.97 Å². The van der Waals surface area contributed by atoms with Crippen LogP contribution >= 0.6 is 0 Å². The number of anilines is 1. The average Bonchev–Trinajstić information content (AvgIpc) is 2.53. The molecule has 2 aromatic carbocycles. The summed E-state index contributed by atoms with van der Waals surface area (Å²) in [6.45, 7) is 1.95. The second-order valence-electron chi connectivity index (χ2n) is 4.57. The van der Waals surface area contributed by atoms with Crippen LogP contribution in [0.5, 0.6) is 0 Å². The lowest BCUT2D eigenvalue weighted by Gasteiger charge is -2.16. The van der Waals surface area contributed by atoms with Gasteiger partial charge in [0.2, 0.25) is 0 Å². The van der Waals surface area contributed by atoms with Gasteiger partial charge < -0.3 is 10.1 Å². The van der Waals surface area contributed by atoms with Gasteiger partial charge in [-0.3, -0.25) is 0 Å². The summed E-state index contributed by atoms with van der Waals surface area (Å²) in [5.74, 6) is -0.236. The maximum absolute atomic E-state index is 11.6. The van der Waals surface area contributed by atoms with E-state index in [4.69, 9.17) is 4.74 Å². The van der Waals surface area contributed by atoms with E-state index >= 15 is 0 Å². The lowest BCUT2D eigenvalue weighted by Crippen LogP contribution is -2.29. The van der Waals surface area contributed by atoms with Crippen molar-refractivity contribution in [1.82, 2.24) is 0 Å². The minimum absolute atomic E-state index is 0.236. The lowest BCUT2D eigenvalue weighted by atomic mass is 10.1. The molecular weight excluding hydrogens is 250 g/mol. The van der Waals surface area contributed by atoms with E-state index in [1.807, 2.05) is 49.4 Å². The van der Waals surface area contributed by atoms with Crippen LogP contribution in [0.25, 0.3) is 11.1 Å². The van der Waals surface area contributed by atoms with Gasteiger partial charge in [-0.1, -0.05) is 49.4 Å². The first-order chi connectivity index (χ1) is 9.74. The van der Waals surface area contributed by atoms with Crippen LogP contribution in [0, 0.1) is 0 Å². The summed E-state index contributed by atoms with van der Waals surface area (Å²) in [7, 11) is 1.41. The predicted octanol–water partition coefficient (Wildman–Crippen LogP) is 3.72. The highest BCUT2D eigenvalue weighted by molar-refractivity contribution is 5.79. The zero-order valence-electron chi connectivity index (χ0n) is 11.8. The van der Waals surface area contributed by atoms with E-state index in [1.54, 1.807) is 0 Å². The molecule has 2 aromatic rings. The standard InChI is InChI=1S/C17H19NO2/c1-3-16(17(19)20-2)18-15-11-9-14(10-12-15)13-7-5-4-6-8-13/h4-12,16,18H,3H2,1-2H3. The predicted molar refractivity (Wildman–Crippen MR) is 81.6 cm³/mol. The Hall–Kier alpha value is -2.29. The smallest absolute Gasteiger partial charge is 0.328 e. The molecule has 0 amide bonds. The summed E-state index contributed by atoms with van der Waals surface area (Å²) in [6.07, 6.45) is 0.688. The molecule has 0 saturated heterocycles. The number of hydrogen-bond acceptors (Lipinski definition) is 3. The van der Waals surface area contributed by atoms with Crippen LogP contribution in [0.1, 0.15) is 13.3 Å². The van der Waals surface area contributed by atoms with Crippen molar-refractivity contribution in [3.8, 4) is 11.1 Å². The second-order valence-corrected chi connectivity index (χ2v) is 4.57. The van der Waals surface area contributed by atoms with Crippen LogP contribution < -0.4 is 5.32 Å². The van der Waals surface area contributed by atoms with Crippen LogP contribution in [0.3, 0.4) is 0 Å². The maximum atomic E-state index is 11.6. The minimum Gasteiger partial charge on any atom is -0.467 e. The van der Waals surface area contributed by atoms with Gasteiger partial charge in [0.15, 0.2) is 0 Å². The van der Waals surface area contributed by atoms with Gasteiger partial charge in [0.25, 0.3) is 0 Å². The number of esters is 1. The van der Waals surface area contributed by atoms with E-state index in [2.05, 4.69) is 17.4 Å². The molecule has 0 spiro atoms. The Morgan fingerprint density at radius 2 is 1.65 bits per heavy atom. The Morgan fingerprint density at radius 3 is 2.20 bits per heavy atom. The normalized spacial score (nSPS) is 11.7. The molecule has 0 fully saturated rings. The van der Waals surface area contributed by atoms with E-state index < -0.39 is 0 Å². The molecule has 1 N–H and O–H groups in total. The van der Waals surface area contributed by atoms with Crippen molar-refractivity contribution in [2.75, 3.05) is 12.4 Å². The Bertz CT molecular complexity index is 549. The highest BCUT2D eigenvalue weighted by Gasteiger charge is 2.16. The lowest BCUT2D eigenvalue weighted by molar-refractivity contribution is -0.141. The molecule has 104 valence electrons. The summed E-state index contributed by atoms with van der Waals surface area (Å²) in [6, 6.07) is 17.9. The fourth-order valence-electron chi connectivity index (χ4n) is 2.06. The van der Waals surface area contributed by atoms with Gasteiger partial charge in [0, 0.05) is 5.69 Å². The molecule has 2 rings (SSSR count). The van der Waals surface area contributed by atoms with Crippen molar-refractivity contribution in [2.45, 2.75) is 19.4 Å². The zero-order valence-corrected chi connectivity index (χ0v) is 11.8. The molecule has 0 heterocycles. The zero-order chi connectivity index (χ0) is 14.4. The van der Waals surface area contributed by atoms with Crippen molar-refractivity contribution in [3.05, 3.63) is 54.6 Å². The summed E-state index contributed by atoms with van der Waals surface area (Å²) < 4.78 is 4.77. The monoisotopic (exact) mass is 269 g/mol. The third-order valence-electron chi connectivity index (χ3n) is 3.23. The highest BCUT2D eigenvalue weighted by atomic mass is 16.5. The largest absolute Gasteiger partial charge is 0.467 e. The number of benzene rings is 2. The third-order valence-corrected chi connectivity index (χ3v) is 3.23. The van der Waals surface area contributed by atoms with E-state index in [9.17, 15) is 4.79 Å². The number of nitrogens with one attached hydrogen (secondary N) is 1. The molecule has 0 aliphatic carbocycles. The second kappa shape index (κ2) is 6.75. The molecule has 0 saturated carbocycles. The van der Waals surface area contributed by atoms with Crippen LogP contribution in [-0.2, 0) is 9.53 Å². The molecule has 0 aromatic heterocycles. The first-order valence-electron chi connectivity index (χ1n) is 6.74. The average molecular weight is 269 g/mol. The van der Waals surface area contributed by atoms with E-state index in [1.165, 1.54) is 12.7 Å². The number of carbonyl (C=O) groups is 1. The SMILES string of the molecule is CCC(Nc1ccc(-c2ccccc2)cc1)C(=O)OC. The number of rotatable bonds is 5. The highest BCUT2D eigenvalue weighted by Crippen LogP contribution is 2.21. The fraction of sp³-hybridized carbons (Fsp3) is 0.235. The Morgan fingerprint density at radius 1 is 1.05 bits per heavy atom. The van der Waals surface area contributed by atoms with Gasteiger partial charge in [0.05, 0.1) is 7.11 Å². The molecule has 20 heavy (non-hydrogen) atoms. The maximum Gasteiger partial charge on any atom is 0.328 e. The third kappa shape index (κ3) is 3.38. The van der Waals surface area contributed by atoms with Crippen LogP contribution in [-0.4, -0.2) is 19.1 Å². The fourth-order valence-corrected chi connectivity index (χ4v) is 2.06. The van der Waals surface area contributed by atoms with Crippen molar-refractivity contribution in [1.29, 1.82) is 0 Å². The van der Waals surface area contributed by atoms with Gasteiger partial charge in [-0.25, -0.2) is 4.79 Å². The molecule has 3 nitrogen and oxygen atoms in total. The minimum atomic E-state index is -0.303. The Labute approximate surface area is 119 Å². The molecule has 0 aliphatic heterocycles. The number of hydrogen-bond donors (Lipinski definition) is 1. The van der Waals surface area contributed by atoms with E-state index in [-0.39, 0.29) is 12.0 Å². The van der Waals surface area contributed by atoms with E-state index in [0.29, 0.717) is 6.42 Å². The van der Waals surface area contributed by atoms with Gasteiger partial charge in [0.1, 0.15) is 6.04 Å². The van der Waals surface area contributed by atoms with Crippen LogP contribution in [0.4, 0.5) is 5.69 Å². The summed E-state index contributed by atoms with van der Waals surface area (Å²) in [5.41, 5.74) is 3.25. The number of carbonyl (C=O) groups excluding carboxylic acids is 1. The quantitative estimate of drug-likeness (QED) is 0.841. The topological polar surface area (TPSA) is 38.3 Å². The number of methoxy groups -OCH3 is 1. The van der Waals surface area contributed by atoms with Crippen LogP contribution in [0.2, 0.25) is 0 Å².